The summed E-state index contributed by atoms with van der Waals surface area (Å²) in [6.45, 7) is 1.73. The second kappa shape index (κ2) is 5.76. The molecule has 0 saturated heterocycles. The van der Waals surface area contributed by atoms with Gasteiger partial charge < -0.3 is 11.1 Å². The van der Waals surface area contributed by atoms with Gasteiger partial charge in [0.15, 0.2) is 9.84 Å². The topological polar surface area (TPSA) is 132 Å². The van der Waals surface area contributed by atoms with Crippen LogP contribution in [-0.2, 0) is 19.9 Å². The molecule has 0 fully saturated rings. The fourth-order valence-electron chi connectivity index (χ4n) is 1.38. The highest BCUT2D eigenvalue weighted by Crippen LogP contribution is 2.19. The molecule has 0 aromatic heterocycles. The number of benzene rings is 1. The maximum Gasteiger partial charge on any atom is 0.238 e. The van der Waals surface area contributed by atoms with Crippen molar-refractivity contribution in [1.82, 2.24) is 0 Å². The molecule has 0 aliphatic carbocycles. The van der Waals surface area contributed by atoms with Crippen LogP contribution in [0.5, 0.6) is 0 Å². The van der Waals surface area contributed by atoms with Crippen molar-refractivity contribution in [2.45, 2.75) is 11.8 Å². The average Bonchev–Trinajstić information content (AvgIpc) is 2.27. The van der Waals surface area contributed by atoms with E-state index >= 15 is 0 Å². The minimum atomic E-state index is -3.84. The van der Waals surface area contributed by atoms with Crippen LogP contribution in [0.3, 0.4) is 0 Å². The van der Waals surface area contributed by atoms with Crippen molar-refractivity contribution >= 4 is 31.2 Å². The number of sulfone groups is 1. The van der Waals surface area contributed by atoms with Crippen molar-refractivity contribution in [1.29, 1.82) is 0 Å². The summed E-state index contributed by atoms with van der Waals surface area (Å²) in [5.74, 6) is 0.0248. The molecular formula is C10H17N3O4S2. The number of hydrogen-bond donors (Lipinski definition) is 3. The van der Waals surface area contributed by atoms with Crippen molar-refractivity contribution in [3.63, 3.8) is 0 Å². The molecule has 0 radical (unpaired) electrons. The highest BCUT2D eigenvalue weighted by molar-refractivity contribution is 7.91. The van der Waals surface area contributed by atoms with Crippen LogP contribution in [0.1, 0.15) is 6.92 Å². The van der Waals surface area contributed by atoms with Gasteiger partial charge in [-0.05, 0) is 18.2 Å². The van der Waals surface area contributed by atoms with Gasteiger partial charge in [-0.2, -0.15) is 0 Å². The largest absolute Gasteiger partial charge is 0.399 e. The SMILES string of the molecule is CCS(=O)(=O)CCNc1cc(N)cc(S(N)(=O)=O)c1. The van der Waals surface area contributed by atoms with E-state index in [0.29, 0.717) is 5.69 Å². The molecule has 1 aromatic rings. The molecule has 0 aliphatic heterocycles. The third kappa shape index (κ3) is 5.05. The highest BCUT2D eigenvalue weighted by atomic mass is 32.2. The Balaban J connectivity index is 2.83. The molecule has 5 N–H and O–H groups in total. The maximum absolute atomic E-state index is 11.3. The fourth-order valence-corrected chi connectivity index (χ4v) is 2.68. The van der Waals surface area contributed by atoms with Gasteiger partial charge in [-0.25, -0.2) is 22.0 Å². The van der Waals surface area contributed by atoms with Crippen LogP contribution in [0.25, 0.3) is 0 Å². The van der Waals surface area contributed by atoms with E-state index in [0.717, 1.165) is 0 Å². The van der Waals surface area contributed by atoms with Crippen molar-refractivity contribution in [2.75, 3.05) is 29.1 Å². The summed E-state index contributed by atoms with van der Waals surface area (Å²) in [6, 6.07) is 4.06. The normalized spacial score (nSPS) is 12.3. The number of anilines is 2. The Bertz CT molecular complexity index is 653. The monoisotopic (exact) mass is 307 g/mol. The van der Waals surface area contributed by atoms with Gasteiger partial charge in [0.2, 0.25) is 10.0 Å². The third-order valence-electron chi connectivity index (χ3n) is 2.44. The summed E-state index contributed by atoms with van der Waals surface area (Å²) in [7, 11) is -6.92. The number of primary sulfonamides is 1. The minimum absolute atomic E-state index is 0.0387. The van der Waals surface area contributed by atoms with Gasteiger partial charge in [-0.3, -0.25) is 0 Å². The zero-order valence-electron chi connectivity index (χ0n) is 10.5. The van der Waals surface area contributed by atoms with Crippen LogP contribution in [0.4, 0.5) is 11.4 Å². The van der Waals surface area contributed by atoms with E-state index < -0.39 is 19.9 Å². The summed E-state index contributed by atoms with van der Waals surface area (Å²) in [4.78, 5) is -0.117. The first-order valence-corrected chi connectivity index (χ1v) is 8.88. The van der Waals surface area contributed by atoms with Gasteiger partial charge in [0.1, 0.15) is 0 Å². The zero-order chi connectivity index (χ0) is 14.7. The van der Waals surface area contributed by atoms with Gasteiger partial charge in [0.25, 0.3) is 0 Å². The van der Waals surface area contributed by atoms with Gasteiger partial charge in [-0.1, -0.05) is 6.92 Å². The molecule has 0 saturated carbocycles. The van der Waals surface area contributed by atoms with E-state index in [9.17, 15) is 16.8 Å². The standard InChI is InChI=1S/C10H17N3O4S2/c1-2-18(14,15)4-3-13-9-5-8(11)6-10(7-9)19(12,16)17/h5-7,13H,2-4,11H2,1H3,(H2,12,16,17). The van der Waals surface area contributed by atoms with Crippen LogP contribution in [0.15, 0.2) is 23.1 Å². The molecule has 0 aliphatic rings. The van der Waals surface area contributed by atoms with Crippen molar-refractivity contribution < 1.29 is 16.8 Å². The first-order valence-electron chi connectivity index (χ1n) is 5.52. The molecule has 108 valence electrons. The predicted molar refractivity (Wildman–Crippen MR) is 75.0 cm³/mol. The summed E-state index contributed by atoms with van der Waals surface area (Å²) >= 11 is 0. The lowest BCUT2D eigenvalue weighted by Gasteiger charge is -2.09. The van der Waals surface area contributed by atoms with E-state index in [2.05, 4.69) is 5.32 Å². The van der Waals surface area contributed by atoms with E-state index in [-0.39, 0.29) is 28.6 Å². The van der Waals surface area contributed by atoms with Crippen LogP contribution in [0.2, 0.25) is 0 Å². The molecule has 1 aromatic carbocycles. The molecule has 0 amide bonds. The Labute approximate surface area is 113 Å². The number of sulfonamides is 1. The number of hydrogen-bond acceptors (Lipinski definition) is 6. The Morgan fingerprint density at radius 2 is 1.79 bits per heavy atom. The van der Waals surface area contributed by atoms with Crippen molar-refractivity contribution in [3.05, 3.63) is 18.2 Å². The fraction of sp³-hybridized carbons (Fsp3) is 0.400. The lowest BCUT2D eigenvalue weighted by molar-refractivity contribution is 0.595. The number of rotatable bonds is 6. The Kier molecular flexibility index (Phi) is 4.77. The Hall–Kier alpha value is -1.32. The first-order chi connectivity index (χ1) is 8.64. The van der Waals surface area contributed by atoms with E-state index in [1.54, 1.807) is 6.92 Å². The van der Waals surface area contributed by atoms with Gasteiger partial charge in [0, 0.05) is 23.7 Å². The lowest BCUT2D eigenvalue weighted by atomic mass is 10.3. The van der Waals surface area contributed by atoms with Crippen LogP contribution in [0, 0.1) is 0 Å². The van der Waals surface area contributed by atoms with Crippen molar-refractivity contribution in [2.24, 2.45) is 5.14 Å². The first kappa shape index (κ1) is 15.7. The molecule has 1 rings (SSSR count). The molecular weight excluding hydrogens is 290 g/mol. The number of nitrogen functional groups attached to an aromatic ring is 1. The average molecular weight is 307 g/mol. The molecule has 0 bridgehead atoms. The van der Waals surface area contributed by atoms with Crippen LogP contribution in [-0.4, -0.2) is 34.9 Å². The Morgan fingerprint density at radius 3 is 2.32 bits per heavy atom. The third-order valence-corrected chi connectivity index (χ3v) is 5.04. The molecule has 0 atom stereocenters. The number of nitrogens with two attached hydrogens (primary N) is 2. The second-order valence-corrected chi connectivity index (χ2v) is 8.03. The maximum atomic E-state index is 11.3. The second-order valence-electron chi connectivity index (χ2n) is 4.00. The van der Waals surface area contributed by atoms with Crippen LogP contribution < -0.4 is 16.2 Å². The summed E-state index contributed by atoms with van der Waals surface area (Å²) in [5, 5.41) is 7.82. The molecule has 19 heavy (non-hydrogen) atoms. The smallest absolute Gasteiger partial charge is 0.238 e. The zero-order valence-corrected chi connectivity index (χ0v) is 12.1. The van der Waals surface area contributed by atoms with Crippen molar-refractivity contribution in [3.8, 4) is 0 Å². The predicted octanol–water partition coefficient (Wildman–Crippen LogP) is -0.237. The van der Waals surface area contributed by atoms with Crippen LogP contribution >= 0.6 is 0 Å². The lowest BCUT2D eigenvalue weighted by Crippen LogP contribution is -2.18. The molecule has 0 unspecified atom stereocenters. The highest BCUT2D eigenvalue weighted by Gasteiger charge is 2.11. The van der Waals surface area contributed by atoms with Gasteiger partial charge in [0.05, 0.1) is 10.6 Å². The summed E-state index contributed by atoms with van der Waals surface area (Å²) in [6.07, 6.45) is 0. The number of nitrogens with one attached hydrogen (secondary N) is 1. The quantitative estimate of drug-likeness (QED) is 0.621. The summed E-state index contributed by atoms with van der Waals surface area (Å²) < 4.78 is 45.0. The molecule has 7 nitrogen and oxygen atoms in total. The van der Waals surface area contributed by atoms with Gasteiger partial charge in [-0.15, -0.1) is 0 Å². The summed E-state index contributed by atoms with van der Waals surface area (Å²) in [5.41, 5.74) is 6.20. The minimum Gasteiger partial charge on any atom is -0.399 e. The van der Waals surface area contributed by atoms with Gasteiger partial charge >= 0.3 is 0 Å². The molecule has 0 heterocycles. The van der Waals surface area contributed by atoms with E-state index in [4.69, 9.17) is 10.9 Å². The van der Waals surface area contributed by atoms with E-state index in [1.807, 2.05) is 0 Å². The molecule has 9 heteroatoms. The van der Waals surface area contributed by atoms with E-state index in [1.165, 1.54) is 18.2 Å². The molecule has 0 spiro atoms. The Morgan fingerprint density at radius 1 is 1.16 bits per heavy atom.